The molecule has 0 amide bonds. The molecule has 2 rings (SSSR count). The van der Waals surface area contributed by atoms with Crippen molar-refractivity contribution in [1.82, 2.24) is 10.2 Å². The van der Waals surface area contributed by atoms with Crippen LogP contribution in [0.3, 0.4) is 0 Å². The van der Waals surface area contributed by atoms with Crippen LogP contribution in [0.5, 0.6) is 5.75 Å². The van der Waals surface area contributed by atoms with E-state index in [1.165, 1.54) is 5.56 Å². The molecule has 8 heteroatoms. The highest BCUT2D eigenvalue weighted by Gasteiger charge is 2.09. The number of methoxy groups -OCH3 is 1. The van der Waals surface area contributed by atoms with Gasteiger partial charge in [0.15, 0.2) is 5.82 Å². The summed E-state index contributed by atoms with van der Waals surface area (Å²) in [6.07, 6.45) is 1.38. The summed E-state index contributed by atoms with van der Waals surface area (Å²) in [5.41, 5.74) is 1.18. The number of ether oxygens (including phenoxy) is 1. The van der Waals surface area contributed by atoms with Crippen molar-refractivity contribution < 1.29 is 13.2 Å². The molecule has 2 aromatic rings. The van der Waals surface area contributed by atoms with Crippen LogP contribution in [0.2, 0.25) is 0 Å². The second kappa shape index (κ2) is 8.49. The van der Waals surface area contributed by atoms with Crippen molar-refractivity contribution in [2.45, 2.75) is 19.8 Å². The van der Waals surface area contributed by atoms with Gasteiger partial charge in [-0.05, 0) is 42.7 Å². The second-order valence-corrected chi connectivity index (χ2v) is 7.09. The summed E-state index contributed by atoms with van der Waals surface area (Å²) in [7, 11) is -1.70. The molecule has 0 aliphatic heterocycles. The largest absolute Gasteiger partial charge is 0.497 e. The summed E-state index contributed by atoms with van der Waals surface area (Å²) in [4.78, 5) is 0. The fourth-order valence-electron chi connectivity index (χ4n) is 2.09. The average Bonchev–Trinajstić information content (AvgIpc) is 2.57. The fraction of sp³-hybridized carbons (Fsp3) is 0.375. The van der Waals surface area contributed by atoms with Crippen LogP contribution < -0.4 is 14.8 Å². The molecule has 0 radical (unpaired) electrons. The molecule has 2 N–H and O–H groups in total. The molecule has 7 nitrogen and oxygen atoms in total. The summed E-state index contributed by atoms with van der Waals surface area (Å²) >= 11 is 0. The summed E-state index contributed by atoms with van der Waals surface area (Å²) in [5.74, 6) is 1.72. The molecule has 0 bridgehead atoms. The predicted octanol–water partition coefficient (Wildman–Crippen LogP) is 2.29. The van der Waals surface area contributed by atoms with E-state index in [2.05, 4.69) is 20.2 Å². The van der Waals surface area contributed by atoms with Gasteiger partial charge in [-0.2, -0.15) is 0 Å². The monoisotopic (exact) mass is 350 g/mol. The molecule has 0 atom stereocenters. The Bertz CT molecular complexity index is 731. The second-order valence-electron chi connectivity index (χ2n) is 5.25. The summed E-state index contributed by atoms with van der Waals surface area (Å²) in [6.45, 7) is 2.50. The van der Waals surface area contributed by atoms with Gasteiger partial charge in [0.1, 0.15) is 11.6 Å². The minimum absolute atomic E-state index is 0.0660. The van der Waals surface area contributed by atoms with E-state index in [1.807, 2.05) is 24.3 Å². The third-order valence-corrected chi connectivity index (χ3v) is 4.74. The Hall–Kier alpha value is -2.35. The number of nitrogens with one attached hydrogen (secondary N) is 2. The first kappa shape index (κ1) is 18.0. The minimum Gasteiger partial charge on any atom is -0.497 e. The lowest BCUT2D eigenvalue weighted by molar-refractivity contribution is 0.414. The van der Waals surface area contributed by atoms with E-state index >= 15 is 0 Å². The van der Waals surface area contributed by atoms with Gasteiger partial charge in [0, 0.05) is 6.54 Å². The SMILES string of the molecule is CCCS(=O)(=O)Nc1ccc(NCCc2ccc(OC)cc2)nn1. The first-order valence-corrected chi connectivity index (χ1v) is 9.38. The number of aromatic nitrogens is 2. The fourth-order valence-corrected chi connectivity index (χ4v) is 3.15. The molecule has 1 aromatic carbocycles. The van der Waals surface area contributed by atoms with E-state index in [0.717, 1.165) is 12.2 Å². The van der Waals surface area contributed by atoms with E-state index < -0.39 is 10.0 Å². The van der Waals surface area contributed by atoms with Gasteiger partial charge in [-0.1, -0.05) is 19.1 Å². The predicted molar refractivity (Wildman–Crippen MR) is 94.9 cm³/mol. The molecule has 0 unspecified atom stereocenters. The van der Waals surface area contributed by atoms with Gasteiger partial charge in [-0.15, -0.1) is 10.2 Å². The number of sulfonamides is 1. The third-order valence-electron chi connectivity index (χ3n) is 3.28. The summed E-state index contributed by atoms with van der Waals surface area (Å²) < 4.78 is 30.8. The summed E-state index contributed by atoms with van der Waals surface area (Å²) in [6, 6.07) is 11.2. The topological polar surface area (TPSA) is 93.2 Å². The molecule has 0 fully saturated rings. The van der Waals surface area contributed by atoms with Gasteiger partial charge in [-0.3, -0.25) is 4.72 Å². The first-order valence-electron chi connectivity index (χ1n) is 7.73. The number of benzene rings is 1. The molecule has 1 heterocycles. The Kier molecular flexibility index (Phi) is 6.36. The van der Waals surface area contributed by atoms with Crippen molar-refractivity contribution in [3.05, 3.63) is 42.0 Å². The van der Waals surface area contributed by atoms with E-state index in [9.17, 15) is 8.42 Å². The zero-order chi connectivity index (χ0) is 17.4. The standard InChI is InChI=1S/C16H22N4O3S/c1-3-12-24(21,22)20-16-9-8-15(18-19-16)17-11-10-13-4-6-14(23-2)7-5-13/h4-9H,3,10-12H2,1-2H3,(H,17,18)(H,19,20). The van der Waals surface area contributed by atoms with E-state index in [1.54, 1.807) is 26.2 Å². The van der Waals surface area contributed by atoms with Gasteiger partial charge >= 0.3 is 0 Å². The molecule has 0 aliphatic rings. The molecule has 130 valence electrons. The lowest BCUT2D eigenvalue weighted by atomic mass is 10.1. The Labute approximate surface area is 142 Å². The Morgan fingerprint density at radius 1 is 1.04 bits per heavy atom. The van der Waals surface area contributed by atoms with Crippen LogP contribution >= 0.6 is 0 Å². The molecule has 0 saturated carbocycles. The minimum atomic E-state index is -3.34. The zero-order valence-corrected chi connectivity index (χ0v) is 14.6. The molecular formula is C16H22N4O3S. The Morgan fingerprint density at radius 2 is 1.71 bits per heavy atom. The van der Waals surface area contributed by atoms with E-state index in [4.69, 9.17) is 4.74 Å². The maximum atomic E-state index is 11.7. The van der Waals surface area contributed by atoms with Crippen LogP contribution in [0.15, 0.2) is 36.4 Å². The van der Waals surface area contributed by atoms with Crippen LogP contribution in [0.25, 0.3) is 0 Å². The average molecular weight is 350 g/mol. The highest BCUT2D eigenvalue weighted by atomic mass is 32.2. The van der Waals surface area contributed by atoms with Crippen molar-refractivity contribution in [1.29, 1.82) is 0 Å². The van der Waals surface area contributed by atoms with Crippen molar-refractivity contribution in [2.24, 2.45) is 0 Å². The van der Waals surface area contributed by atoms with Crippen LogP contribution in [0, 0.1) is 0 Å². The highest BCUT2D eigenvalue weighted by molar-refractivity contribution is 7.92. The van der Waals surface area contributed by atoms with Gasteiger partial charge in [0.25, 0.3) is 0 Å². The number of nitrogens with zero attached hydrogens (tertiary/aromatic N) is 2. The third kappa shape index (κ3) is 5.69. The van der Waals surface area contributed by atoms with Gasteiger partial charge in [0.2, 0.25) is 10.0 Å². The van der Waals surface area contributed by atoms with Crippen molar-refractivity contribution in [2.75, 3.05) is 29.4 Å². The van der Waals surface area contributed by atoms with Crippen molar-refractivity contribution >= 4 is 21.7 Å². The van der Waals surface area contributed by atoms with Gasteiger partial charge in [-0.25, -0.2) is 8.42 Å². The van der Waals surface area contributed by atoms with Crippen LogP contribution in [-0.4, -0.2) is 38.0 Å². The lowest BCUT2D eigenvalue weighted by Gasteiger charge is -2.08. The molecular weight excluding hydrogens is 328 g/mol. The van der Waals surface area contributed by atoms with Crippen LogP contribution in [-0.2, 0) is 16.4 Å². The van der Waals surface area contributed by atoms with Crippen LogP contribution in [0.1, 0.15) is 18.9 Å². The van der Waals surface area contributed by atoms with Gasteiger partial charge < -0.3 is 10.1 Å². The lowest BCUT2D eigenvalue weighted by Crippen LogP contribution is -2.17. The molecule has 24 heavy (non-hydrogen) atoms. The first-order chi connectivity index (χ1) is 11.5. The highest BCUT2D eigenvalue weighted by Crippen LogP contribution is 2.12. The number of hydrogen-bond acceptors (Lipinski definition) is 6. The molecule has 0 saturated heterocycles. The number of rotatable bonds is 9. The molecule has 0 aliphatic carbocycles. The zero-order valence-electron chi connectivity index (χ0n) is 13.8. The normalized spacial score (nSPS) is 11.1. The Morgan fingerprint density at radius 3 is 2.29 bits per heavy atom. The molecule has 0 spiro atoms. The summed E-state index contributed by atoms with van der Waals surface area (Å²) in [5, 5.41) is 11.0. The van der Waals surface area contributed by atoms with Crippen molar-refractivity contribution in [3.8, 4) is 5.75 Å². The molecule has 1 aromatic heterocycles. The van der Waals surface area contributed by atoms with Gasteiger partial charge in [0.05, 0.1) is 12.9 Å². The maximum absolute atomic E-state index is 11.7. The van der Waals surface area contributed by atoms with E-state index in [-0.39, 0.29) is 11.6 Å². The maximum Gasteiger partial charge on any atom is 0.233 e. The number of hydrogen-bond donors (Lipinski definition) is 2. The smallest absolute Gasteiger partial charge is 0.233 e. The number of anilines is 2. The van der Waals surface area contributed by atoms with Crippen molar-refractivity contribution in [3.63, 3.8) is 0 Å². The van der Waals surface area contributed by atoms with E-state index in [0.29, 0.717) is 18.8 Å². The quantitative estimate of drug-likeness (QED) is 0.721. The van der Waals surface area contributed by atoms with Crippen LogP contribution in [0.4, 0.5) is 11.6 Å². The Balaban J connectivity index is 1.83.